The second-order valence-electron chi connectivity index (χ2n) is 12.9. The molecule has 276 valence electrons. The third kappa shape index (κ3) is 11.2. The zero-order valence-electron chi connectivity index (χ0n) is 30.0. The molecule has 53 heavy (non-hydrogen) atoms. The van der Waals surface area contributed by atoms with Crippen LogP contribution in [-0.2, 0) is 61.5 Å². The first kappa shape index (κ1) is 38.6. The van der Waals surface area contributed by atoms with Crippen molar-refractivity contribution in [1.82, 2.24) is 0 Å². The lowest BCUT2D eigenvalue weighted by Crippen LogP contribution is -2.67. The van der Waals surface area contributed by atoms with Crippen molar-refractivity contribution >= 4 is 15.9 Å². The molecule has 1 fully saturated rings. The molecule has 6 rings (SSSR count). The SMILES string of the molecule is C=CCO[C@@H]1[C@@H](OCc2ccccc2)[C@H](OCc2ccc(OC)cc2)[C@@H](OCc2ccccc2)[C@H](OCc2ccc(Br)cc2)[C@H]1OCc1ccccc1. The normalized spacial score (nSPS) is 21.2. The minimum absolute atomic E-state index is 0.279. The third-order valence-corrected chi connectivity index (χ3v) is 9.69. The number of hydrogen-bond donors (Lipinski definition) is 0. The monoisotopic (exact) mass is 778 g/mol. The zero-order chi connectivity index (χ0) is 36.7. The van der Waals surface area contributed by atoms with Gasteiger partial charge < -0.3 is 33.2 Å². The minimum Gasteiger partial charge on any atom is -0.497 e. The Hall–Kier alpha value is -4.12. The molecule has 1 aliphatic rings. The molecule has 1 aliphatic carbocycles. The fourth-order valence-corrected chi connectivity index (χ4v) is 6.69. The maximum Gasteiger partial charge on any atom is 0.118 e. The van der Waals surface area contributed by atoms with E-state index < -0.39 is 36.6 Å². The second-order valence-corrected chi connectivity index (χ2v) is 13.8. The fraction of sp³-hybridized carbons (Fsp3) is 0.289. The van der Waals surface area contributed by atoms with Gasteiger partial charge in [0.25, 0.3) is 0 Å². The molecule has 8 heteroatoms. The molecular formula is C45H47BrO7. The zero-order valence-corrected chi connectivity index (χ0v) is 31.6. The Bertz CT molecular complexity index is 1770. The Balaban J connectivity index is 1.40. The molecule has 0 spiro atoms. The van der Waals surface area contributed by atoms with Crippen molar-refractivity contribution in [2.24, 2.45) is 0 Å². The van der Waals surface area contributed by atoms with Crippen molar-refractivity contribution in [3.8, 4) is 5.75 Å². The number of benzene rings is 5. The Kier molecular flexibility index (Phi) is 14.8. The van der Waals surface area contributed by atoms with Gasteiger partial charge in [-0.3, -0.25) is 0 Å². The summed E-state index contributed by atoms with van der Waals surface area (Å²) in [6.07, 6.45) is -1.92. The summed E-state index contributed by atoms with van der Waals surface area (Å²) >= 11 is 3.56. The molecule has 0 aromatic heterocycles. The number of methoxy groups -OCH3 is 1. The van der Waals surface area contributed by atoms with Gasteiger partial charge in [-0.1, -0.05) is 137 Å². The van der Waals surface area contributed by atoms with E-state index in [-0.39, 0.29) is 6.61 Å². The van der Waals surface area contributed by atoms with Crippen LogP contribution in [0.2, 0.25) is 0 Å². The summed E-state index contributed by atoms with van der Waals surface area (Å²) in [6.45, 7) is 5.87. The van der Waals surface area contributed by atoms with E-state index in [9.17, 15) is 0 Å². The van der Waals surface area contributed by atoms with Gasteiger partial charge in [0.2, 0.25) is 0 Å². The fourth-order valence-electron chi connectivity index (χ4n) is 6.43. The summed E-state index contributed by atoms with van der Waals surface area (Å²) in [5, 5.41) is 0. The highest BCUT2D eigenvalue weighted by Crippen LogP contribution is 2.36. The van der Waals surface area contributed by atoms with Gasteiger partial charge in [-0.2, -0.15) is 0 Å². The number of ether oxygens (including phenoxy) is 7. The van der Waals surface area contributed by atoms with Gasteiger partial charge in [-0.25, -0.2) is 0 Å². The van der Waals surface area contributed by atoms with E-state index in [1.165, 1.54) is 0 Å². The minimum atomic E-state index is -0.620. The van der Waals surface area contributed by atoms with Crippen molar-refractivity contribution in [2.45, 2.75) is 69.7 Å². The lowest BCUT2D eigenvalue weighted by molar-refractivity contribution is -0.289. The highest BCUT2D eigenvalue weighted by molar-refractivity contribution is 9.10. The molecule has 1 saturated carbocycles. The third-order valence-electron chi connectivity index (χ3n) is 9.16. The summed E-state index contributed by atoms with van der Waals surface area (Å²) in [5.74, 6) is 0.775. The van der Waals surface area contributed by atoms with Crippen LogP contribution in [0.15, 0.2) is 157 Å². The van der Waals surface area contributed by atoms with Crippen molar-refractivity contribution in [1.29, 1.82) is 0 Å². The molecule has 0 radical (unpaired) electrons. The van der Waals surface area contributed by atoms with E-state index in [1.54, 1.807) is 13.2 Å². The van der Waals surface area contributed by atoms with Crippen LogP contribution in [0.4, 0.5) is 0 Å². The van der Waals surface area contributed by atoms with Crippen LogP contribution in [0.5, 0.6) is 5.75 Å². The molecule has 0 saturated heterocycles. The predicted octanol–water partition coefficient (Wildman–Crippen LogP) is 9.27. The summed E-state index contributed by atoms with van der Waals surface area (Å²) in [6, 6.07) is 46.3. The van der Waals surface area contributed by atoms with E-state index in [2.05, 4.69) is 34.6 Å². The van der Waals surface area contributed by atoms with Crippen molar-refractivity contribution in [3.05, 3.63) is 184 Å². The molecule has 0 unspecified atom stereocenters. The standard InChI is InChI=1S/C45H47BrO7/c1-3-27-48-40-41(49-28-33-13-7-4-8-14-33)43(52-31-36-19-23-38(46)24-20-36)45(51-30-35-17-11-6-12-18-35)44(42(40)50-29-34-15-9-5-10-16-34)53-32-37-21-25-39(47-2)26-22-37/h3-26,40-45H,1,27-32H2,2H3/t40-,41-,42+,43+,44-,45-/m0/s1. The molecule has 0 amide bonds. The molecule has 0 aliphatic heterocycles. The van der Waals surface area contributed by atoms with Gasteiger partial charge in [0.1, 0.15) is 42.4 Å². The molecule has 0 heterocycles. The molecule has 7 nitrogen and oxygen atoms in total. The molecule has 6 atom stereocenters. The number of rotatable bonds is 19. The van der Waals surface area contributed by atoms with Gasteiger partial charge >= 0.3 is 0 Å². The van der Waals surface area contributed by atoms with E-state index in [1.807, 2.05) is 127 Å². The Morgan fingerprint density at radius 1 is 0.434 bits per heavy atom. The first-order valence-corrected chi connectivity index (χ1v) is 18.7. The lowest BCUT2D eigenvalue weighted by atomic mass is 9.83. The highest BCUT2D eigenvalue weighted by Gasteiger charge is 2.55. The van der Waals surface area contributed by atoms with E-state index in [4.69, 9.17) is 33.2 Å². The molecular weight excluding hydrogens is 732 g/mol. The van der Waals surface area contributed by atoms with Crippen LogP contribution in [0.25, 0.3) is 0 Å². The van der Waals surface area contributed by atoms with Gasteiger partial charge in [0.15, 0.2) is 0 Å². The van der Waals surface area contributed by atoms with E-state index in [0.717, 1.165) is 38.0 Å². The summed E-state index contributed by atoms with van der Waals surface area (Å²) in [4.78, 5) is 0. The van der Waals surface area contributed by atoms with Crippen molar-refractivity contribution < 1.29 is 33.2 Å². The van der Waals surface area contributed by atoms with Crippen LogP contribution in [0.3, 0.4) is 0 Å². The second kappa shape index (κ2) is 20.4. The first-order valence-electron chi connectivity index (χ1n) is 17.9. The molecule has 0 bridgehead atoms. The van der Waals surface area contributed by atoms with Crippen molar-refractivity contribution in [3.63, 3.8) is 0 Å². The molecule has 0 N–H and O–H groups in total. The quantitative estimate of drug-likeness (QED) is 0.0775. The van der Waals surface area contributed by atoms with Crippen molar-refractivity contribution in [2.75, 3.05) is 13.7 Å². The highest BCUT2D eigenvalue weighted by atomic mass is 79.9. The topological polar surface area (TPSA) is 64.6 Å². The average molecular weight is 780 g/mol. The Labute approximate surface area is 321 Å². The summed E-state index contributed by atoms with van der Waals surface area (Å²) in [7, 11) is 1.66. The van der Waals surface area contributed by atoms with Gasteiger partial charge in [0, 0.05) is 4.47 Å². The largest absolute Gasteiger partial charge is 0.497 e. The van der Waals surface area contributed by atoms with Crippen LogP contribution in [0, 0.1) is 0 Å². The summed E-state index contributed by atoms with van der Waals surface area (Å²) in [5.41, 5.74) is 5.08. The van der Waals surface area contributed by atoms with E-state index >= 15 is 0 Å². The van der Waals surface area contributed by atoms with Crippen LogP contribution in [-0.4, -0.2) is 50.3 Å². The number of hydrogen-bond acceptors (Lipinski definition) is 7. The van der Waals surface area contributed by atoms with Crippen LogP contribution in [0.1, 0.15) is 27.8 Å². The van der Waals surface area contributed by atoms with Gasteiger partial charge in [0.05, 0.1) is 46.8 Å². The maximum absolute atomic E-state index is 6.93. The van der Waals surface area contributed by atoms with Crippen LogP contribution >= 0.6 is 15.9 Å². The Morgan fingerprint density at radius 2 is 0.736 bits per heavy atom. The van der Waals surface area contributed by atoms with Gasteiger partial charge in [-0.15, -0.1) is 6.58 Å². The molecule has 5 aromatic rings. The van der Waals surface area contributed by atoms with Gasteiger partial charge in [-0.05, 0) is 52.1 Å². The van der Waals surface area contributed by atoms with E-state index in [0.29, 0.717) is 33.0 Å². The average Bonchev–Trinajstić information content (AvgIpc) is 3.21. The maximum atomic E-state index is 6.93. The summed E-state index contributed by atoms with van der Waals surface area (Å²) < 4.78 is 47.6. The number of halogens is 1. The first-order chi connectivity index (χ1) is 26.1. The smallest absolute Gasteiger partial charge is 0.118 e. The molecule has 5 aromatic carbocycles. The lowest BCUT2D eigenvalue weighted by Gasteiger charge is -2.49. The van der Waals surface area contributed by atoms with Crippen LogP contribution < -0.4 is 4.74 Å². The Morgan fingerprint density at radius 3 is 1.06 bits per heavy atom. The predicted molar refractivity (Wildman–Crippen MR) is 209 cm³/mol.